The van der Waals surface area contributed by atoms with Gasteiger partial charge in [0.2, 0.25) is 0 Å². The van der Waals surface area contributed by atoms with E-state index in [2.05, 4.69) is 29.7 Å². The summed E-state index contributed by atoms with van der Waals surface area (Å²) in [5.74, 6) is -0.0308. The van der Waals surface area contributed by atoms with Crippen molar-refractivity contribution in [1.29, 1.82) is 0 Å². The van der Waals surface area contributed by atoms with Crippen molar-refractivity contribution in [2.75, 3.05) is 13.2 Å². The fourth-order valence-electron chi connectivity index (χ4n) is 5.91. The summed E-state index contributed by atoms with van der Waals surface area (Å²) in [7, 11) is 0. The zero-order valence-corrected chi connectivity index (χ0v) is 26.0. The summed E-state index contributed by atoms with van der Waals surface area (Å²) in [6, 6.07) is 16.1. The molecule has 7 nitrogen and oxygen atoms in total. The first-order chi connectivity index (χ1) is 20.0. The van der Waals surface area contributed by atoms with E-state index in [1.54, 1.807) is 11.3 Å². The molecular weight excluding hydrogens is 570 g/mol. The summed E-state index contributed by atoms with van der Waals surface area (Å²) >= 11 is 7.81. The molecule has 1 atom stereocenters. The summed E-state index contributed by atoms with van der Waals surface area (Å²) in [6.45, 7) is 11.1. The number of carboxylic acid groups (broad SMARTS) is 1. The average Bonchev–Trinajstić information content (AvgIpc) is 3.51. The highest BCUT2D eigenvalue weighted by Crippen LogP contribution is 2.44. The Bertz CT molecular complexity index is 1800. The number of aromatic nitrogens is 3. The maximum Gasteiger partial charge on any atom is 0.337 e. The van der Waals surface area contributed by atoms with Crippen molar-refractivity contribution in [2.45, 2.75) is 65.2 Å². The van der Waals surface area contributed by atoms with Gasteiger partial charge in [-0.25, -0.2) is 14.8 Å². The Morgan fingerprint density at radius 1 is 1.05 bits per heavy atom. The topological polar surface area (TPSA) is 86.5 Å². The third kappa shape index (κ3) is 5.44. The van der Waals surface area contributed by atoms with E-state index in [1.807, 2.05) is 58.0 Å². The van der Waals surface area contributed by atoms with Crippen molar-refractivity contribution in [3.63, 3.8) is 0 Å². The van der Waals surface area contributed by atoms with Gasteiger partial charge in [-0.05, 0) is 95.0 Å². The molecule has 2 aromatic heterocycles. The first kappa shape index (κ1) is 28.8. The zero-order valence-electron chi connectivity index (χ0n) is 24.4. The van der Waals surface area contributed by atoms with Gasteiger partial charge in [0.1, 0.15) is 10.8 Å². The maximum absolute atomic E-state index is 12.6. The summed E-state index contributed by atoms with van der Waals surface area (Å²) in [6.07, 6.45) is 0.774. The Kier molecular flexibility index (Phi) is 7.60. The fourth-order valence-corrected chi connectivity index (χ4v) is 7.16. The smallest absolute Gasteiger partial charge is 0.337 e. The van der Waals surface area contributed by atoms with Crippen LogP contribution >= 0.6 is 22.9 Å². The molecule has 0 bridgehead atoms. The number of hydrogen-bond acceptors (Lipinski definition) is 6. The number of aryl methyl sites for hydroxylation is 2. The van der Waals surface area contributed by atoms with Crippen LogP contribution in [-0.2, 0) is 14.3 Å². The van der Waals surface area contributed by atoms with Crippen LogP contribution in [0.3, 0.4) is 0 Å². The Hall–Kier alpha value is -3.30. The third-order valence-corrected chi connectivity index (χ3v) is 9.08. The van der Waals surface area contributed by atoms with Crippen LogP contribution in [0.1, 0.15) is 62.7 Å². The number of carbonyl (C=O) groups is 1. The van der Waals surface area contributed by atoms with Crippen LogP contribution in [0.2, 0.25) is 5.02 Å². The number of benzene rings is 3. The summed E-state index contributed by atoms with van der Waals surface area (Å²) in [5.41, 5.74) is 6.33. The molecule has 6 rings (SSSR count). The van der Waals surface area contributed by atoms with E-state index in [1.165, 1.54) is 0 Å². The maximum atomic E-state index is 12.6. The molecular formula is C33H34ClN3O4S. The molecule has 0 spiro atoms. The Balaban J connectivity index is 1.55. The van der Waals surface area contributed by atoms with Gasteiger partial charge < -0.3 is 19.1 Å². The molecule has 42 heavy (non-hydrogen) atoms. The Morgan fingerprint density at radius 3 is 2.40 bits per heavy atom. The van der Waals surface area contributed by atoms with Gasteiger partial charge in [-0.1, -0.05) is 23.7 Å². The van der Waals surface area contributed by atoms with Gasteiger partial charge in [0, 0.05) is 41.0 Å². The molecule has 1 fully saturated rings. The van der Waals surface area contributed by atoms with Gasteiger partial charge in [0.05, 0.1) is 26.9 Å². The molecule has 1 N–H and O–H groups in total. The van der Waals surface area contributed by atoms with Crippen LogP contribution in [-0.4, -0.2) is 44.4 Å². The molecule has 3 heterocycles. The van der Waals surface area contributed by atoms with Crippen LogP contribution in [0.15, 0.2) is 48.5 Å². The lowest BCUT2D eigenvalue weighted by Gasteiger charge is -2.28. The van der Waals surface area contributed by atoms with Crippen molar-refractivity contribution in [3.8, 4) is 21.7 Å². The average molecular weight is 604 g/mol. The van der Waals surface area contributed by atoms with E-state index in [0.717, 1.165) is 80.4 Å². The number of halogens is 1. The summed E-state index contributed by atoms with van der Waals surface area (Å²) in [5, 5.41) is 11.8. The highest BCUT2D eigenvalue weighted by molar-refractivity contribution is 7.22. The van der Waals surface area contributed by atoms with Crippen molar-refractivity contribution in [1.82, 2.24) is 14.5 Å². The summed E-state index contributed by atoms with van der Waals surface area (Å²) < 4.78 is 15.0. The zero-order chi connectivity index (χ0) is 29.8. The number of aliphatic carboxylic acids is 1. The second-order valence-corrected chi connectivity index (χ2v) is 13.3. The van der Waals surface area contributed by atoms with Crippen molar-refractivity contribution in [2.24, 2.45) is 0 Å². The molecule has 0 unspecified atom stereocenters. The number of imidazole rings is 1. The van der Waals surface area contributed by atoms with Gasteiger partial charge in [-0.2, -0.15) is 0 Å². The lowest BCUT2D eigenvalue weighted by molar-refractivity contribution is -0.160. The van der Waals surface area contributed by atoms with Crippen molar-refractivity contribution in [3.05, 3.63) is 70.5 Å². The fraction of sp³-hybridized carbons (Fsp3) is 0.364. The minimum Gasteiger partial charge on any atom is -0.479 e. The largest absolute Gasteiger partial charge is 0.479 e. The van der Waals surface area contributed by atoms with Crippen LogP contribution in [0.5, 0.6) is 0 Å². The monoisotopic (exact) mass is 603 g/mol. The predicted octanol–water partition coefficient (Wildman–Crippen LogP) is 8.54. The molecule has 9 heteroatoms. The number of carboxylic acids is 1. The van der Waals surface area contributed by atoms with Gasteiger partial charge >= 0.3 is 5.97 Å². The lowest BCUT2D eigenvalue weighted by atomic mass is 9.91. The van der Waals surface area contributed by atoms with E-state index in [-0.39, 0.29) is 0 Å². The van der Waals surface area contributed by atoms with Gasteiger partial charge in [-0.3, -0.25) is 0 Å². The van der Waals surface area contributed by atoms with Crippen LogP contribution in [0.25, 0.3) is 42.9 Å². The molecule has 1 aliphatic heterocycles. The first-order valence-corrected chi connectivity index (χ1v) is 15.4. The number of hydrogen-bond donors (Lipinski definition) is 1. The molecule has 218 valence electrons. The van der Waals surface area contributed by atoms with Crippen molar-refractivity contribution < 1.29 is 19.4 Å². The molecule has 0 amide bonds. The first-order valence-electron chi connectivity index (χ1n) is 14.2. The number of fused-ring (bicyclic) bond motifs is 2. The lowest BCUT2D eigenvalue weighted by Crippen LogP contribution is -2.28. The molecule has 3 aromatic carbocycles. The molecule has 1 aliphatic rings. The van der Waals surface area contributed by atoms with E-state index < -0.39 is 17.7 Å². The molecule has 5 aromatic rings. The summed E-state index contributed by atoms with van der Waals surface area (Å²) in [4.78, 5) is 22.6. The van der Waals surface area contributed by atoms with E-state index >= 15 is 0 Å². The second-order valence-electron chi connectivity index (χ2n) is 11.9. The third-order valence-electron chi connectivity index (χ3n) is 7.69. The van der Waals surface area contributed by atoms with Crippen LogP contribution in [0.4, 0.5) is 0 Å². The Morgan fingerprint density at radius 2 is 1.74 bits per heavy atom. The normalized spacial score (nSPS) is 15.5. The van der Waals surface area contributed by atoms with Gasteiger partial charge in [0.15, 0.2) is 6.10 Å². The minimum atomic E-state index is -1.15. The molecule has 1 saturated heterocycles. The van der Waals surface area contributed by atoms with E-state index in [0.29, 0.717) is 16.6 Å². The molecule has 0 aliphatic carbocycles. The van der Waals surface area contributed by atoms with Gasteiger partial charge in [-0.15, -0.1) is 11.3 Å². The number of nitrogens with zero attached hydrogens (tertiary/aromatic N) is 3. The molecule has 0 saturated carbocycles. The number of thiazole rings is 1. The van der Waals surface area contributed by atoms with E-state index in [4.69, 9.17) is 31.0 Å². The SMILES string of the molecule is Cc1cc2nc(-c3ccc4nc(C)n(C5CCOCC5)c4c3)sc2c(-c2ccc(Cl)cc2)c1[C@H](OC(C)(C)C)C(=O)O. The van der Waals surface area contributed by atoms with Gasteiger partial charge in [0.25, 0.3) is 0 Å². The van der Waals surface area contributed by atoms with Crippen LogP contribution in [0, 0.1) is 13.8 Å². The predicted molar refractivity (Wildman–Crippen MR) is 169 cm³/mol. The van der Waals surface area contributed by atoms with Crippen molar-refractivity contribution >= 4 is 50.2 Å². The highest BCUT2D eigenvalue weighted by atomic mass is 35.5. The van der Waals surface area contributed by atoms with E-state index in [9.17, 15) is 9.90 Å². The highest BCUT2D eigenvalue weighted by Gasteiger charge is 2.32. The Labute approximate surface area is 254 Å². The number of rotatable bonds is 6. The standard InChI is InChI=1S/C33H34ClN3O4S/c1-18-16-25-30(28(20-6-9-22(34)10-7-20)27(18)29(32(38)39)41-33(3,4)5)42-31(36-25)21-8-11-24-26(17-21)37(19(2)35-24)23-12-14-40-15-13-23/h6-11,16-17,23,29H,12-15H2,1-5H3,(H,38,39)/t29-/m0/s1. The second kappa shape index (κ2) is 11.1. The number of ether oxygens (including phenoxy) is 2. The molecule has 0 radical (unpaired) electrons. The van der Waals surface area contributed by atoms with Crippen LogP contribution < -0.4 is 0 Å². The quantitative estimate of drug-likeness (QED) is 0.209. The minimum absolute atomic E-state index is 0.354.